The fourth-order valence-corrected chi connectivity index (χ4v) is 5.11. The van der Waals surface area contributed by atoms with Crippen LogP contribution in [0.3, 0.4) is 0 Å². The van der Waals surface area contributed by atoms with Crippen LogP contribution in [0.15, 0.2) is 72.8 Å². The van der Waals surface area contributed by atoms with Gasteiger partial charge in [-0.1, -0.05) is 41.9 Å². The van der Waals surface area contributed by atoms with Gasteiger partial charge in [-0.2, -0.15) is 0 Å². The third-order valence-corrected chi connectivity index (χ3v) is 7.49. The Morgan fingerprint density at radius 1 is 0.972 bits per heavy atom. The molecule has 1 aliphatic rings. The van der Waals surface area contributed by atoms with Crippen molar-refractivity contribution in [1.29, 1.82) is 0 Å². The molecule has 1 fully saturated rings. The summed E-state index contributed by atoms with van der Waals surface area (Å²) in [6.45, 7) is 1.97. The van der Waals surface area contributed by atoms with E-state index in [1.165, 1.54) is 10.4 Å². The molecule has 7 nitrogen and oxygen atoms in total. The molecule has 10 heteroatoms. The lowest BCUT2D eigenvalue weighted by atomic mass is 10.2. The molecule has 1 aliphatic heterocycles. The van der Waals surface area contributed by atoms with E-state index < -0.39 is 10.0 Å². The summed E-state index contributed by atoms with van der Waals surface area (Å²) >= 11 is 6.22. The second kappa shape index (κ2) is 11.2. The number of carbonyl (C=O) groups excluding carboxylic acids is 1. The van der Waals surface area contributed by atoms with E-state index in [9.17, 15) is 17.6 Å². The third kappa shape index (κ3) is 6.27. The summed E-state index contributed by atoms with van der Waals surface area (Å²) in [6.07, 6.45) is 1.14. The molecule has 0 saturated carbocycles. The molecule has 0 radical (unpaired) electrons. The summed E-state index contributed by atoms with van der Waals surface area (Å²) in [5.41, 5.74) is 1.68. The first-order valence-corrected chi connectivity index (χ1v) is 13.7. The molecule has 1 heterocycles. The minimum Gasteiger partial charge on any atom is -0.484 e. The Bertz CT molecular complexity index is 1310. The van der Waals surface area contributed by atoms with Crippen LogP contribution in [0.2, 0.25) is 5.02 Å². The zero-order chi connectivity index (χ0) is 25.7. The Morgan fingerprint density at radius 3 is 2.25 bits per heavy atom. The van der Waals surface area contributed by atoms with Gasteiger partial charge < -0.3 is 14.5 Å². The van der Waals surface area contributed by atoms with Crippen LogP contribution in [0.1, 0.15) is 5.56 Å². The molecule has 190 valence electrons. The van der Waals surface area contributed by atoms with Crippen molar-refractivity contribution in [3.05, 3.63) is 89.2 Å². The van der Waals surface area contributed by atoms with E-state index in [1.54, 1.807) is 71.6 Å². The van der Waals surface area contributed by atoms with Crippen LogP contribution in [0, 0.1) is 5.82 Å². The van der Waals surface area contributed by atoms with Gasteiger partial charge >= 0.3 is 0 Å². The zero-order valence-corrected chi connectivity index (χ0v) is 21.4. The molecule has 1 amide bonds. The van der Waals surface area contributed by atoms with Crippen molar-refractivity contribution >= 4 is 38.9 Å². The molecule has 0 bridgehead atoms. The quantitative estimate of drug-likeness (QED) is 0.436. The fraction of sp³-hybridized carbons (Fsp3) is 0.269. The minimum absolute atomic E-state index is 0.0933. The molecular formula is C26H27ClFN3O4S. The van der Waals surface area contributed by atoms with Crippen molar-refractivity contribution in [3.8, 4) is 5.75 Å². The van der Waals surface area contributed by atoms with E-state index in [1.807, 2.05) is 4.90 Å². The number of sulfonamides is 1. The van der Waals surface area contributed by atoms with E-state index >= 15 is 0 Å². The summed E-state index contributed by atoms with van der Waals surface area (Å²) in [5.74, 6) is 0.0115. The number of halogens is 2. The number of benzene rings is 3. The lowest BCUT2D eigenvalue weighted by Gasteiger charge is -2.36. The predicted molar refractivity (Wildman–Crippen MR) is 140 cm³/mol. The first kappa shape index (κ1) is 25.8. The van der Waals surface area contributed by atoms with Gasteiger partial charge in [0, 0.05) is 31.2 Å². The van der Waals surface area contributed by atoms with Gasteiger partial charge in [0.25, 0.3) is 5.91 Å². The van der Waals surface area contributed by atoms with Crippen LogP contribution in [0.25, 0.3) is 0 Å². The van der Waals surface area contributed by atoms with Gasteiger partial charge in [0.2, 0.25) is 10.0 Å². The highest BCUT2D eigenvalue weighted by molar-refractivity contribution is 7.92. The van der Waals surface area contributed by atoms with Crippen molar-refractivity contribution in [2.75, 3.05) is 48.2 Å². The number of hydrogen-bond acceptors (Lipinski definition) is 5. The van der Waals surface area contributed by atoms with Crippen LogP contribution in [-0.2, 0) is 21.4 Å². The molecule has 36 heavy (non-hydrogen) atoms. The Kier molecular flexibility index (Phi) is 8.01. The standard InChI is InChI=1S/C26H27ClFN3O4S/c1-36(33,34)31(18-20-6-2-3-7-23(20)27)21-10-12-22(13-11-21)35-19-26(32)30-16-14-29(15-17-30)25-9-5-4-8-24(25)28/h2-13H,14-19H2,1H3. The summed E-state index contributed by atoms with van der Waals surface area (Å²) in [6, 6.07) is 20.2. The van der Waals surface area contributed by atoms with E-state index in [0.29, 0.717) is 53.9 Å². The average molecular weight is 532 g/mol. The van der Waals surface area contributed by atoms with Crippen LogP contribution in [-0.4, -0.2) is 58.3 Å². The van der Waals surface area contributed by atoms with Crippen LogP contribution < -0.4 is 13.9 Å². The van der Waals surface area contributed by atoms with Crippen molar-refractivity contribution in [2.24, 2.45) is 0 Å². The molecule has 0 spiro atoms. The highest BCUT2D eigenvalue weighted by Gasteiger charge is 2.23. The van der Waals surface area contributed by atoms with E-state index in [0.717, 1.165) is 6.26 Å². The van der Waals surface area contributed by atoms with Gasteiger partial charge in [0.1, 0.15) is 11.6 Å². The second-order valence-electron chi connectivity index (χ2n) is 8.46. The molecular weight excluding hydrogens is 505 g/mol. The van der Waals surface area contributed by atoms with Gasteiger partial charge in [0.05, 0.1) is 24.2 Å². The predicted octanol–water partition coefficient (Wildman–Crippen LogP) is 4.17. The summed E-state index contributed by atoms with van der Waals surface area (Å²) in [4.78, 5) is 16.3. The first-order chi connectivity index (χ1) is 17.2. The molecule has 1 saturated heterocycles. The fourth-order valence-electron chi connectivity index (χ4n) is 4.03. The van der Waals surface area contributed by atoms with Gasteiger partial charge in [-0.25, -0.2) is 12.8 Å². The smallest absolute Gasteiger partial charge is 0.260 e. The number of anilines is 2. The molecule has 3 aromatic carbocycles. The SMILES string of the molecule is CS(=O)(=O)N(Cc1ccccc1Cl)c1ccc(OCC(=O)N2CCN(c3ccccc3F)CC2)cc1. The maximum atomic E-state index is 14.0. The number of piperazine rings is 1. The van der Waals surface area contributed by atoms with Gasteiger partial charge in [-0.15, -0.1) is 0 Å². The number of ether oxygens (including phenoxy) is 1. The van der Waals surface area contributed by atoms with Gasteiger partial charge in [0.15, 0.2) is 6.61 Å². The largest absolute Gasteiger partial charge is 0.484 e. The van der Waals surface area contributed by atoms with Crippen molar-refractivity contribution in [2.45, 2.75) is 6.54 Å². The molecule has 0 unspecified atom stereocenters. The average Bonchev–Trinajstić information content (AvgIpc) is 2.87. The minimum atomic E-state index is -3.57. The summed E-state index contributed by atoms with van der Waals surface area (Å²) in [7, 11) is -3.57. The number of para-hydroxylation sites is 1. The van der Waals surface area contributed by atoms with Crippen molar-refractivity contribution < 1.29 is 22.3 Å². The molecule has 0 aliphatic carbocycles. The number of rotatable bonds is 8. The second-order valence-corrected chi connectivity index (χ2v) is 10.8. The summed E-state index contributed by atoms with van der Waals surface area (Å²) in [5, 5.41) is 0.486. The number of hydrogen-bond donors (Lipinski definition) is 0. The summed E-state index contributed by atoms with van der Waals surface area (Å²) < 4.78 is 45.8. The van der Waals surface area contributed by atoms with Crippen LogP contribution in [0.4, 0.5) is 15.8 Å². The van der Waals surface area contributed by atoms with Crippen molar-refractivity contribution in [3.63, 3.8) is 0 Å². The van der Waals surface area contributed by atoms with Crippen LogP contribution >= 0.6 is 11.6 Å². The Morgan fingerprint density at radius 2 is 1.61 bits per heavy atom. The maximum Gasteiger partial charge on any atom is 0.260 e. The first-order valence-electron chi connectivity index (χ1n) is 11.4. The van der Waals surface area contributed by atoms with Gasteiger partial charge in [-0.05, 0) is 48.0 Å². The Labute approximate surface area is 215 Å². The van der Waals surface area contributed by atoms with E-state index in [4.69, 9.17) is 16.3 Å². The molecule has 0 atom stereocenters. The topological polar surface area (TPSA) is 70.2 Å². The lowest BCUT2D eigenvalue weighted by molar-refractivity contribution is -0.133. The van der Waals surface area contributed by atoms with E-state index in [2.05, 4.69) is 0 Å². The maximum absolute atomic E-state index is 14.0. The lowest BCUT2D eigenvalue weighted by Crippen LogP contribution is -2.50. The van der Waals surface area contributed by atoms with Crippen LogP contribution in [0.5, 0.6) is 5.75 Å². The Hall–Kier alpha value is -3.30. The zero-order valence-electron chi connectivity index (χ0n) is 19.8. The number of amides is 1. The van der Waals surface area contributed by atoms with Gasteiger partial charge in [-0.3, -0.25) is 9.10 Å². The number of nitrogens with zero attached hydrogens (tertiary/aromatic N) is 3. The van der Waals surface area contributed by atoms with Crippen molar-refractivity contribution in [1.82, 2.24) is 4.90 Å². The monoisotopic (exact) mass is 531 g/mol. The number of carbonyl (C=O) groups is 1. The highest BCUT2D eigenvalue weighted by atomic mass is 35.5. The molecule has 4 rings (SSSR count). The van der Waals surface area contributed by atoms with E-state index in [-0.39, 0.29) is 24.9 Å². The molecule has 0 aromatic heterocycles. The molecule has 0 N–H and O–H groups in total. The normalized spacial score (nSPS) is 14.0. The highest BCUT2D eigenvalue weighted by Crippen LogP contribution is 2.26. The third-order valence-electron chi connectivity index (χ3n) is 5.98. The molecule has 3 aromatic rings. The Balaban J connectivity index is 1.33.